The molecular formula is C18H18N2O5. The molecule has 0 fully saturated rings. The van der Waals surface area contributed by atoms with Crippen molar-refractivity contribution in [3.63, 3.8) is 0 Å². The molecule has 0 saturated heterocycles. The highest BCUT2D eigenvalue weighted by atomic mass is 16.6. The van der Waals surface area contributed by atoms with Crippen LogP contribution in [0.25, 0.3) is 0 Å². The molecule has 0 spiro atoms. The Morgan fingerprint density at radius 2 is 1.96 bits per heavy atom. The van der Waals surface area contributed by atoms with Crippen molar-refractivity contribution < 1.29 is 23.8 Å². The minimum absolute atomic E-state index is 0.171. The van der Waals surface area contributed by atoms with Crippen LogP contribution in [0.1, 0.15) is 16.1 Å². The van der Waals surface area contributed by atoms with Gasteiger partial charge in [0, 0.05) is 19.8 Å². The topological polar surface area (TPSA) is 78.0 Å². The van der Waals surface area contributed by atoms with Crippen LogP contribution in [-0.2, 0) is 16.1 Å². The molecule has 3 rings (SSSR count). The van der Waals surface area contributed by atoms with Gasteiger partial charge in [0.2, 0.25) is 0 Å². The number of pyridine rings is 1. The maximum absolute atomic E-state index is 12.1. The van der Waals surface area contributed by atoms with Gasteiger partial charge < -0.3 is 19.1 Å². The second kappa shape index (κ2) is 7.65. The van der Waals surface area contributed by atoms with Crippen molar-refractivity contribution in [3.8, 4) is 11.5 Å². The van der Waals surface area contributed by atoms with Crippen LogP contribution in [0.5, 0.6) is 11.5 Å². The second-order valence-corrected chi connectivity index (χ2v) is 5.52. The Kier molecular flexibility index (Phi) is 5.13. The number of ether oxygens (including phenoxy) is 3. The molecular weight excluding hydrogens is 324 g/mol. The van der Waals surface area contributed by atoms with E-state index in [2.05, 4.69) is 4.98 Å². The van der Waals surface area contributed by atoms with Gasteiger partial charge in [0.15, 0.2) is 18.1 Å². The summed E-state index contributed by atoms with van der Waals surface area (Å²) in [6, 6.07) is 10.5. The molecule has 1 aliphatic heterocycles. The van der Waals surface area contributed by atoms with E-state index in [1.807, 2.05) is 18.2 Å². The highest BCUT2D eigenvalue weighted by molar-refractivity contribution is 5.89. The van der Waals surface area contributed by atoms with Gasteiger partial charge in [0.25, 0.3) is 5.91 Å². The number of carbonyl (C=O) groups excluding carboxylic acids is 2. The van der Waals surface area contributed by atoms with Gasteiger partial charge in [-0.05, 0) is 29.8 Å². The first kappa shape index (κ1) is 16.8. The fourth-order valence-corrected chi connectivity index (χ4v) is 2.34. The van der Waals surface area contributed by atoms with Gasteiger partial charge in [-0.2, -0.15) is 0 Å². The first-order chi connectivity index (χ1) is 12.1. The molecule has 0 N–H and O–H groups in total. The van der Waals surface area contributed by atoms with Crippen LogP contribution in [0.15, 0.2) is 42.6 Å². The quantitative estimate of drug-likeness (QED) is 0.769. The van der Waals surface area contributed by atoms with Crippen LogP contribution in [0, 0.1) is 0 Å². The van der Waals surface area contributed by atoms with E-state index in [0.717, 1.165) is 5.56 Å². The fraction of sp³-hybridized carbons (Fsp3) is 0.278. The number of hydrogen-bond donors (Lipinski definition) is 0. The van der Waals surface area contributed by atoms with Gasteiger partial charge in [-0.25, -0.2) is 9.78 Å². The summed E-state index contributed by atoms with van der Waals surface area (Å²) in [4.78, 5) is 29.3. The van der Waals surface area contributed by atoms with Gasteiger partial charge in [-0.15, -0.1) is 0 Å². The maximum atomic E-state index is 12.1. The third-order valence-corrected chi connectivity index (χ3v) is 3.65. The molecule has 7 nitrogen and oxygen atoms in total. The van der Waals surface area contributed by atoms with Crippen molar-refractivity contribution >= 4 is 11.9 Å². The number of likely N-dealkylation sites (N-methyl/N-ethyl adjacent to an activating group) is 1. The van der Waals surface area contributed by atoms with Crippen molar-refractivity contribution in [2.45, 2.75) is 6.54 Å². The molecule has 25 heavy (non-hydrogen) atoms. The molecule has 1 aromatic heterocycles. The molecule has 0 aliphatic carbocycles. The van der Waals surface area contributed by atoms with Crippen molar-refractivity contribution in [1.29, 1.82) is 0 Å². The molecule has 0 radical (unpaired) electrons. The average Bonchev–Trinajstić information content (AvgIpc) is 2.66. The summed E-state index contributed by atoms with van der Waals surface area (Å²) < 4.78 is 16.0. The van der Waals surface area contributed by atoms with Crippen LogP contribution in [0.2, 0.25) is 0 Å². The van der Waals surface area contributed by atoms with E-state index in [1.54, 1.807) is 19.2 Å². The lowest BCUT2D eigenvalue weighted by Crippen LogP contribution is -2.31. The Balaban J connectivity index is 1.53. The lowest BCUT2D eigenvalue weighted by molar-refractivity contribution is -0.133. The number of carbonyl (C=O) groups is 2. The molecule has 2 heterocycles. The van der Waals surface area contributed by atoms with Gasteiger partial charge in [-0.3, -0.25) is 4.79 Å². The van der Waals surface area contributed by atoms with Crippen LogP contribution in [-0.4, -0.2) is 48.6 Å². The molecule has 0 bridgehead atoms. The summed E-state index contributed by atoms with van der Waals surface area (Å²) in [6.45, 7) is 1.08. The Hall–Kier alpha value is -3.09. The second-order valence-electron chi connectivity index (χ2n) is 5.52. The Labute approximate surface area is 145 Å². The van der Waals surface area contributed by atoms with Crippen LogP contribution in [0.3, 0.4) is 0 Å². The van der Waals surface area contributed by atoms with E-state index >= 15 is 0 Å². The third kappa shape index (κ3) is 4.26. The fourth-order valence-electron chi connectivity index (χ4n) is 2.34. The molecule has 0 unspecified atom stereocenters. The van der Waals surface area contributed by atoms with Gasteiger partial charge in [0.1, 0.15) is 18.9 Å². The van der Waals surface area contributed by atoms with Crippen LogP contribution in [0.4, 0.5) is 0 Å². The number of esters is 1. The van der Waals surface area contributed by atoms with Crippen LogP contribution < -0.4 is 9.47 Å². The number of aromatic nitrogens is 1. The molecule has 0 atom stereocenters. The Morgan fingerprint density at radius 3 is 2.72 bits per heavy atom. The number of benzene rings is 1. The number of nitrogens with zero attached hydrogens (tertiary/aromatic N) is 2. The molecule has 0 saturated carbocycles. The predicted octanol–water partition coefficient (Wildman–Crippen LogP) is 1.67. The van der Waals surface area contributed by atoms with E-state index in [-0.39, 0.29) is 18.2 Å². The van der Waals surface area contributed by atoms with E-state index in [0.29, 0.717) is 31.3 Å². The lowest BCUT2D eigenvalue weighted by atomic mass is 10.2. The van der Waals surface area contributed by atoms with E-state index in [1.165, 1.54) is 17.2 Å². The van der Waals surface area contributed by atoms with E-state index in [9.17, 15) is 9.59 Å². The largest absolute Gasteiger partial charge is 0.486 e. The Morgan fingerprint density at radius 1 is 1.16 bits per heavy atom. The maximum Gasteiger partial charge on any atom is 0.357 e. The van der Waals surface area contributed by atoms with Crippen molar-refractivity contribution in [2.75, 3.05) is 26.9 Å². The summed E-state index contributed by atoms with van der Waals surface area (Å²) >= 11 is 0. The standard InChI is InChI=1S/C18H18N2O5/c1-20(11-13-5-6-15-16(10-13)24-9-8-23-15)17(21)12-25-18(22)14-4-2-3-7-19-14/h2-7,10H,8-9,11-12H2,1H3. The highest BCUT2D eigenvalue weighted by Gasteiger charge is 2.16. The first-order valence-corrected chi connectivity index (χ1v) is 7.84. The molecule has 7 heteroatoms. The Bertz CT molecular complexity index is 763. The van der Waals surface area contributed by atoms with Gasteiger partial charge in [-0.1, -0.05) is 12.1 Å². The minimum Gasteiger partial charge on any atom is -0.486 e. The summed E-state index contributed by atoms with van der Waals surface area (Å²) in [6.07, 6.45) is 1.49. The van der Waals surface area contributed by atoms with Gasteiger partial charge >= 0.3 is 5.97 Å². The minimum atomic E-state index is -0.623. The molecule has 1 amide bonds. The summed E-state index contributed by atoms with van der Waals surface area (Å²) in [5, 5.41) is 0. The SMILES string of the molecule is CN(Cc1ccc2c(c1)OCCO2)C(=O)COC(=O)c1ccccn1. The molecule has 1 aliphatic rings. The average molecular weight is 342 g/mol. The zero-order valence-electron chi connectivity index (χ0n) is 13.8. The normalized spacial score (nSPS) is 12.4. The molecule has 2 aromatic rings. The predicted molar refractivity (Wildman–Crippen MR) is 88.4 cm³/mol. The zero-order chi connectivity index (χ0) is 17.6. The molecule has 130 valence electrons. The van der Waals surface area contributed by atoms with Gasteiger partial charge in [0.05, 0.1) is 0 Å². The zero-order valence-corrected chi connectivity index (χ0v) is 13.8. The monoisotopic (exact) mass is 342 g/mol. The first-order valence-electron chi connectivity index (χ1n) is 7.84. The molecule has 1 aromatic carbocycles. The number of hydrogen-bond acceptors (Lipinski definition) is 6. The van der Waals surface area contributed by atoms with E-state index in [4.69, 9.17) is 14.2 Å². The van der Waals surface area contributed by atoms with Crippen molar-refractivity contribution in [3.05, 3.63) is 53.9 Å². The van der Waals surface area contributed by atoms with Crippen molar-refractivity contribution in [2.24, 2.45) is 0 Å². The summed E-state index contributed by atoms with van der Waals surface area (Å²) in [5.74, 6) is 0.445. The lowest BCUT2D eigenvalue weighted by Gasteiger charge is -2.21. The van der Waals surface area contributed by atoms with Crippen molar-refractivity contribution in [1.82, 2.24) is 9.88 Å². The third-order valence-electron chi connectivity index (χ3n) is 3.65. The number of rotatable bonds is 5. The summed E-state index contributed by atoms with van der Waals surface area (Å²) in [5.41, 5.74) is 1.07. The highest BCUT2D eigenvalue weighted by Crippen LogP contribution is 2.31. The smallest absolute Gasteiger partial charge is 0.357 e. The van der Waals surface area contributed by atoms with E-state index < -0.39 is 5.97 Å². The van der Waals surface area contributed by atoms with Crippen LogP contribution >= 0.6 is 0 Å². The number of fused-ring (bicyclic) bond motifs is 1. The summed E-state index contributed by atoms with van der Waals surface area (Å²) in [7, 11) is 1.65. The number of amides is 1.